The first kappa shape index (κ1) is 7.71. The van der Waals surface area contributed by atoms with E-state index in [4.69, 9.17) is 5.73 Å². The minimum Gasteiger partial charge on any atom is -0.326 e. The zero-order chi connectivity index (χ0) is 7.40. The van der Waals surface area contributed by atoms with Crippen molar-refractivity contribution in [2.45, 2.75) is 6.54 Å². The number of nitrogens with two attached hydrogens (primary N) is 1. The fourth-order valence-corrected chi connectivity index (χ4v) is 1.31. The van der Waals surface area contributed by atoms with E-state index in [2.05, 4.69) is 30.9 Å². The van der Waals surface area contributed by atoms with Crippen LogP contribution >= 0.6 is 8.58 Å². The van der Waals surface area contributed by atoms with Crippen LogP contribution in [0.15, 0.2) is 24.3 Å². The van der Waals surface area contributed by atoms with E-state index in [0.29, 0.717) is 6.54 Å². The second kappa shape index (κ2) is 3.70. The first-order valence-corrected chi connectivity index (χ1v) is 4.83. The highest BCUT2D eigenvalue weighted by Gasteiger charge is 1.88. The van der Waals surface area contributed by atoms with Crippen LogP contribution in [0.3, 0.4) is 0 Å². The number of hydrogen-bond acceptors (Lipinski definition) is 1. The predicted molar refractivity (Wildman–Crippen MR) is 48.2 cm³/mol. The van der Waals surface area contributed by atoms with Crippen LogP contribution in [0.25, 0.3) is 0 Å². The molecule has 1 atom stereocenters. The van der Waals surface area contributed by atoms with Gasteiger partial charge in [-0.1, -0.05) is 32.8 Å². The van der Waals surface area contributed by atoms with Crippen LogP contribution < -0.4 is 11.0 Å². The van der Waals surface area contributed by atoms with Crippen LogP contribution in [0.1, 0.15) is 5.56 Å². The molecule has 0 saturated carbocycles. The van der Waals surface area contributed by atoms with Gasteiger partial charge >= 0.3 is 0 Å². The van der Waals surface area contributed by atoms with Crippen molar-refractivity contribution in [3.05, 3.63) is 29.8 Å². The van der Waals surface area contributed by atoms with Crippen LogP contribution in [0.5, 0.6) is 0 Å². The topological polar surface area (TPSA) is 26.0 Å². The Balaban J connectivity index is 2.80. The highest BCUT2D eigenvalue weighted by Crippen LogP contribution is 2.04. The Morgan fingerprint density at radius 3 is 2.30 bits per heavy atom. The van der Waals surface area contributed by atoms with Gasteiger partial charge < -0.3 is 5.73 Å². The maximum Gasteiger partial charge on any atom is 0.0178 e. The van der Waals surface area contributed by atoms with E-state index >= 15 is 0 Å². The van der Waals surface area contributed by atoms with Crippen molar-refractivity contribution in [2.24, 2.45) is 5.73 Å². The Hall–Kier alpha value is -0.390. The normalized spacial score (nSPS) is 11.0. The number of benzene rings is 1. The van der Waals surface area contributed by atoms with Gasteiger partial charge in [0.1, 0.15) is 0 Å². The van der Waals surface area contributed by atoms with Crippen molar-refractivity contribution in [1.29, 1.82) is 0 Å². The summed E-state index contributed by atoms with van der Waals surface area (Å²) in [6.07, 6.45) is 0. The van der Waals surface area contributed by atoms with Gasteiger partial charge in [-0.15, -0.1) is 0 Å². The molecule has 1 aromatic carbocycles. The SMILES string of the molecule is CPc1ccc(CN)cc1. The molecule has 0 aliphatic heterocycles. The predicted octanol–water partition coefficient (Wildman–Crippen LogP) is 1.08. The number of rotatable bonds is 2. The van der Waals surface area contributed by atoms with Gasteiger partial charge in [0.2, 0.25) is 0 Å². The van der Waals surface area contributed by atoms with Gasteiger partial charge in [-0.25, -0.2) is 0 Å². The third-order valence-electron chi connectivity index (χ3n) is 1.48. The zero-order valence-corrected chi connectivity index (χ0v) is 7.09. The minimum atomic E-state index is 0.646. The first-order chi connectivity index (χ1) is 4.86. The van der Waals surface area contributed by atoms with E-state index in [9.17, 15) is 0 Å². The molecule has 0 aromatic heterocycles. The molecule has 0 bridgehead atoms. The summed E-state index contributed by atoms with van der Waals surface area (Å²) < 4.78 is 0. The smallest absolute Gasteiger partial charge is 0.0178 e. The van der Waals surface area contributed by atoms with E-state index < -0.39 is 0 Å². The summed E-state index contributed by atoms with van der Waals surface area (Å²) in [7, 11) is 0.887. The average molecular weight is 153 g/mol. The second-order valence-corrected chi connectivity index (χ2v) is 3.23. The van der Waals surface area contributed by atoms with Crippen LogP contribution in [-0.4, -0.2) is 6.66 Å². The lowest BCUT2D eigenvalue weighted by molar-refractivity contribution is 1.07. The average Bonchev–Trinajstić information content (AvgIpc) is 2.05. The monoisotopic (exact) mass is 153 g/mol. The zero-order valence-electron chi connectivity index (χ0n) is 6.09. The lowest BCUT2D eigenvalue weighted by atomic mass is 10.2. The molecule has 1 rings (SSSR count). The van der Waals surface area contributed by atoms with Gasteiger partial charge in [-0.3, -0.25) is 0 Å². The van der Waals surface area contributed by atoms with Crippen molar-refractivity contribution in [1.82, 2.24) is 0 Å². The summed E-state index contributed by atoms with van der Waals surface area (Å²) in [6, 6.07) is 8.46. The molecule has 2 heteroatoms. The highest BCUT2D eigenvalue weighted by atomic mass is 31.1. The molecule has 54 valence electrons. The van der Waals surface area contributed by atoms with E-state index in [1.165, 1.54) is 10.9 Å². The van der Waals surface area contributed by atoms with Crippen LogP contribution in [0, 0.1) is 0 Å². The Morgan fingerprint density at radius 1 is 1.30 bits per heavy atom. The Kier molecular flexibility index (Phi) is 2.85. The van der Waals surface area contributed by atoms with Crippen molar-refractivity contribution in [3.8, 4) is 0 Å². The molecule has 0 spiro atoms. The molecule has 2 N–H and O–H groups in total. The number of hydrogen-bond donors (Lipinski definition) is 1. The molecule has 10 heavy (non-hydrogen) atoms. The van der Waals surface area contributed by atoms with Crippen LogP contribution in [-0.2, 0) is 6.54 Å². The largest absolute Gasteiger partial charge is 0.326 e. The van der Waals surface area contributed by atoms with Gasteiger partial charge in [0.25, 0.3) is 0 Å². The van der Waals surface area contributed by atoms with Gasteiger partial charge in [0, 0.05) is 6.54 Å². The maximum absolute atomic E-state index is 5.44. The molecular formula is C8H12NP. The first-order valence-electron chi connectivity index (χ1n) is 3.33. The van der Waals surface area contributed by atoms with Crippen molar-refractivity contribution < 1.29 is 0 Å². The molecule has 1 nitrogen and oxygen atoms in total. The lowest BCUT2D eigenvalue weighted by Crippen LogP contribution is -1.98. The third kappa shape index (κ3) is 1.80. The summed E-state index contributed by atoms with van der Waals surface area (Å²) in [5.74, 6) is 0. The summed E-state index contributed by atoms with van der Waals surface area (Å²) in [4.78, 5) is 0. The molecule has 0 fully saturated rings. The van der Waals surface area contributed by atoms with Crippen LogP contribution in [0.2, 0.25) is 0 Å². The molecule has 0 radical (unpaired) electrons. The standard InChI is InChI=1S/C8H12NP/c1-10-8-4-2-7(6-9)3-5-8/h2-5,10H,6,9H2,1H3. The molecule has 0 aliphatic rings. The molecule has 0 aliphatic carbocycles. The summed E-state index contributed by atoms with van der Waals surface area (Å²) in [6.45, 7) is 2.82. The van der Waals surface area contributed by atoms with E-state index in [0.717, 1.165) is 8.58 Å². The molecule has 1 aromatic rings. The summed E-state index contributed by atoms with van der Waals surface area (Å²) in [5, 5.41) is 1.40. The van der Waals surface area contributed by atoms with Gasteiger partial charge in [-0.05, 0) is 17.5 Å². The summed E-state index contributed by atoms with van der Waals surface area (Å²) >= 11 is 0. The second-order valence-electron chi connectivity index (χ2n) is 2.15. The summed E-state index contributed by atoms with van der Waals surface area (Å²) in [5.41, 5.74) is 6.65. The molecule has 0 heterocycles. The van der Waals surface area contributed by atoms with Gasteiger partial charge in [-0.2, -0.15) is 0 Å². The highest BCUT2D eigenvalue weighted by molar-refractivity contribution is 7.46. The Morgan fingerprint density at radius 2 is 1.90 bits per heavy atom. The van der Waals surface area contributed by atoms with E-state index in [1.807, 2.05) is 0 Å². The fourth-order valence-electron chi connectivity index (χ4n) is 0.807. The quantitative estimate of drug-likeness (QED) is 0.632. The maximum atomic E-state index is 5.44. The molecular weight excluding hydrogens is 141 g/mol. The fraction of sp³-hybridized carbons (Fsp3) is 0.250. The molecule has 1 unspecified atom stereocenters. The Bertz CT molecular complexity index is 170. The van der Waals surface area contributed by atoms with Crippen molar-refractivity contribution in [3.63, 3.8) is 0 Å². The lowest BCUT2D eigenvalue weighted by Gasteiger charge is -1.97. The van der Waals surface area contributed by atoms with Crippen molar-refractivity contribution >= 4 is 13.9 Å². The van der Waals surface area contributed by atoms with E-state index in [1.54, 1.807) is 0 Å². The van der Waals surface area contributed by atoms with Gasteiger partial charge in [0.05, 0.1) is 0 Å². The van der Waals surface area contributed by atoms with Crippen molar-refractivity contribution in [2.75, 3.05) is 6.66 Å². The van der Waals surface area contributed by atoms with Gasteiger partial charge in [0.15, 0.2) is 0 Å². The molecule has 0 amide bonds. The van der Waals surface area contributed by atoms with Crippen LogP contribution in [0.4, 0.5) is 0 Å². The minimum absolute atomic E-state index is 0.646. The Labute approximate surface area is 63.4 Å². The third-order valence-corrected chi connectivity index (χ3v) is 2.39. The van der Waals surface area contributed by atoms with E-state index in [-0.39, 0.29) is 0 Å². The molecule has 0 saturated heterocycles.